The SMILES string of the molecule is COc1ccc(Oc2ccc(N3C(=S)N[C@H](c4ccccn4)[C@H]3c3ccc(C)o3)cc2)cc1. The van der Waals surface area contributed by atoms with E-state index >= 15 is 0 Å². The molecule has 2 atom stereocenters. The number of benzene rings is 2. The highest BCUT2D eigenvalue weighted by Crippen LogP contribution is 2.42. The van der Waals surface area contributed by atoms with Crippen molar-refractivity contribution in [3.63, 3.8) is 0 Å². The summed E-state index contributed by atoms with van der Waals surface area (Å²) in [6.07, 6.45) is 1.79. The molecular formula is C26H23N3O3S. The van der Waals surface area contributed by atoms with Crippen LogP contribution < -0.4 is 19.7 Å². The molecule has 1 saturated heterocycles. The summed E-state index contributed by atoms with van der Waals surface area (Å²) < 4.78 is 17.2. The molecule has 0 unspecified atom stereocenters. The van der Waals surface area contributed by atoms with Gasteiger partial charge >= 0.3 is 0 Å². The Kier molecular flexibility index (Phi) is 5.71. The topological polar surface area (TPSA) is 59.8 Å². The first-order valence-electron chi connectivity index (χ1n) is 10.6. The quantitative estimate of drug-likeness (QED) is 0.358. The molecule has 33 heavy (non-hydrogen) atoms. The molecular weight excluding hydrogens is 434 g/mol. The minimum absolute atomic E-state index is 0.139. The summed E-state index contributed by atoms with van der Waals surface area (Å²) in [6, 6.07) is 24.9. The minimum Gasteiger partial charge on any atom is -0.497 e. The van der Waals surface area contributed by atoms with Crippen LogP contribution in [-0.4, -0.2) is 17.2 Å². The van der Waals surface area contributed by atoms with Crippen molar-refractivity contribution in [2.24, 2.45) is 0 Å². The van der Waals surface area contributed by atoms with Crippen molar-refractivity contribution in [1.82, 2.24) is 10.3 Å². The molecule has 0 spiro atoms. The molecule has 166 valence electrons. The van der Waals surface area contributed by atoms with Gasteiger partial charge in [-0.05, 0) is 91.9 Å². The lowest BCUT2D eigenvalue weighted by molar-refractivity contribution is 0.413. The first-order chi connectivity index (χ1) is 16.1. The Morgan fingerprint density at radius 2 is 1.61 bits per heavy atom. The molecule has 0 aliphatic carbocycles. The lowest BCUT2D eigenvalue weighted by Gasteiger charge is -2.26. The van der Waals surface area contributed by atoms with Gasteiger partial charge in [0.25, 0.3) is 0 Å². The van der Waals surface area contributed by atoms with Gasteiger partial charge in [0.1, 0.15) is 34.8 Å². The third-order valence-electron chi connectivity index (χ3n) is 5.56. The lowest BCUT2D eigenvalue weighted by atomic mass is 10.0. The number of pyridine rings is 1. The van der Waals surface area contributed by atoms with Gasteiger partial charge in [-0.1, -0.05) is 6.07 Å². The van der Waals surface area contributed by atoms with Crippen molar-refractivity contribution < 1.29 is 13.9 Å². The molecule has 0 saturated carbocycles. The molecule has 1 fully saturated rings. The number of furan rings is 1. The van der Waals surface area contributed by atoms with E-state index in [1.807, 2.05) is 85.8 Å². The summed E-state index contributed by atoms with van der Waals surface area (Å²) in [4.78, 5) is 6.63. The van der Waals surface area contributed by atoms with E-state index in [1.165, 1.54) is 0 Å². The smallest absolute Gasteiger partial charge is 0.174 e. The van der Waals surface area contributed by atoms with E-state index in [2.05, 4.69) is 15.2 Å². The number of rotatable bonds is 6. The van der Waals surface area contributed by atoms with Crippen molar-refractivity contribution in [2.75, 3.05) is 12.0 Å². The fourth-order valence-corrected chi connectivity index (χ4v) is 4.33. The van der Waals surface area contributed by atoms with Crippen molar-refractivity contribution >= 4 is 23.0 Å². The Bertz CT molecular complexity index is 1240. The number of nitrogens with one attached hydrogen (secondary N) is 1. The Hall–Kier alpha value is -3.84. The second-order valence-electron chi connectivity index (χ2n) is 7.72. The molecule has 5 rings (SSSR count). The first-order valence-corrected chi connectivity index (χ1v) is 11.0. The van der Waals surface area contributed by atoms with Crippen LogP contribution in [0.25, 0.3) is 0 Å². The predicted molar refractivity (Wildman–Crippen MR) is 131 cm³/mol. The van der Waals surface area contributed by atoms with Crippen LogP contribution in [0.2, 0.25) is 0 Å². The highest BCUT2D eigenvalue weighted by atomic mass is 32.1. The largest absolute Gasteiger partial charge is 0.497 e. The average molecular weight is 458 g/mol. The summed E-state index contributed by atoms with van der Waals surface area (Å²) in [5.74, 6) is 3.93. The van der Waals surface area contributed by atoms with E-state index in [9.17, 15) is 0 Å². The fourth-order valence-electron chi connectivity index (χ4n) is 3.99. The van der Waals surface area contributed by atoms with Crippen LogP contribution in [0.15, 0.2) is 89.5 Å². The molecule has 4 aromatic rings. The van der Waals surface area contributed by atoms with Gasteiger partial charge in [-0.15, -0.1) is 0 Å². The Labute approximate surface area is 197 Å². The molecule has 7 heteroatoms. The molecule has 0 bridgehead atoms. The van der Waals surface area contributed by atoms with Crippen LogP contribution in [0.3, 0.4) is 0 Å². The summed E-state index contributed by atoms with van der Waals surface area (Å²) in [5.41, 5.74) is 1.84. The average Bonchev–Trinajstić information content (AvgIpc) is 3.43. The Morgan fingerprint density at radius 1 is 0.909 bits per heavy atom. The maximum Gasteiger partial charge on any atom is 0.174 e. The zero-order chi connectivity index (χ0) is 22.8. The van der Waals surface area contributed by atoms with Crippen LogP contribution in [0, 0.1) is 6.92 Å². The minimum atomic E-state index is -0.172. The van der Waals surface area contributed by atoms with Crippen molar-refractivity contribution in [3.8, 4) is 17.2 Å². The Balaban J connectivity index is 1.44. The second kappa shape index (κ2) is 8.96. The number of ether oxygens (including phenoxy) is 2. The number of anilines is 1. The third kappa shape index (κ3) is 4.27. The van der Waals surface area contributed by atoms with Crippen LogP contribution in [0.1, 0.15) is 29.3 Å². The normalized spacial score (nSPS) is 17.6. The van der Waals surface area contributed by atoms with E-state index in [4.69, 9.17) is 26.1 Å². The standard InChI is InChI=1S/C26H23N3O3S/c1-17-6-15-23(31-17)25-24(22-5-3-4-16-27-22)28-26(33)29(25)18-7-9-20(10-8-18)32-21-13-11-19(30-2)12-14-21/h3-16,24-25H,1-2H3,(H,28,33)/t24-,25-/m1/s1. The highest BCUT2D eigenvalue weighted by molar-refractivity contribution is 7.80. The number of aromatic nitrogens is 1. The van der Waals surface area contributed by atoms with E-state index in [0.29, 0.717) is 5.11 Å². The number of thiocarbonyl (C=S) groups is 1. The van der Waals surface area contributed by atoms with Gasteiger partial charge in [-0.25, -0.2) is 0 Å². The highest BCUT2D eigenvalue weighted by Gasteiger charge is 2.42. The Morgan fingerprint density at radius 3 is 2.21 bits per heavy atom. The third-order valence-corrected chi connectivity index (χ3v) is 5.88. The maximum atomic E-state index is 6.04. The summed E-state index contributed by atoms with van der Waals surface area (Å²) >= 11 is 5.75. The monoisotopic (exact) mass is 457 g/mol. The number of hydrogen-bond acceptors (Lipinski definition) is 5. The van der Waals surface area contributed by atoms with Crippen LogP contribution in [-0.2, 0) is 0 Å². The number of aryl methyl sites for hydroxylation is 1. The zero-order valence-electron chi connectivity index (χ0n) is 18.3. The van der Waals surface area contributed by atoms with E-state index in [-0.39, 0.29) is 12.1 Å². The molecule has 3 heterocycles. The van der Waals surface area contributed by atoms with Crippen molar-refractivity contribution in [2.45, 2.75) is 19.0 Å². The number of methoxy groups -OCH3 is 1. The predicted octanol–water partition coefficient (Wildman–Crippen LogP) is 5.96. The lowest BCUT2D eigenvalue weighted by Crippen LogP contribution is -2.29. The molecule has 1 aliphatic heterocycles. The molecule has 2 aromatic carbocycles. The van der Waals surface area contributed by atoms with Gasteiger partial charge in [0.15, 0.2) is 5.11 Å². The fraction of sp³-hybridized carbons (Fsp3) is 0.154. The van der Waals surface area contributed by atoms with Crippen molar-refractivity contribution in [1.29, 1.82) is 0 Å². The molecule has 0 radical (unpaired) electrons. The van der Waals surface area contributed by atoms with Crippen LogP contribution >= 0.6 is 12.2 Å². The first kappa shape index (κ1) is 21.0. The van der Waals surface area contributed by atoms with Crippen molar-refractivity contribution in [3.05, 3.63) is 102 Å². The molecule has 6 nitrogen and oxygen atoms in total. The molecule has 1 N–H and O–H groups in total. The summed E-state index contributed by atoms with van der Waals surface area (Å²) in [6.45, 7) is 1.94. The molecule has 2 aromatic heterocycles. The van der Waals surface area contributed by atoms with Crippen LogP contribution in [0.4, 0.5) is 5.69 Å². The number of nitrogens with zero attached hydrogens (tertiary/aromatic N) is 2. The van der Waals surface area contributed by atoms with Gasteiger partial charge in [0, 0.05) is 11.9 Å². The van der Waals surface area contributed by atoms with Gasteiger partial charge in [-0.2, -0.15) is 0 Å². The van der Waals surface area contributed by atoms with E-state index < -0.39 is 0 Å². The second-order valence-corrected chi connectivity index (χ2v) is 8.10. The number of hydrogen-bond donors (Lipinski definition) is 1. The maximum absolute atomic E-state index is 6.04. The van der Waals surface area contributed by atoms with Crippen LogP contribution in [0.5, 0.6) is 17.2 Å². The van der Waals surface area contributed by atoms with Gasteiger partial charge in [-0.3, -0.25) is 4.98 Å². The summed E-state index contributed by atoms with van der Waals surface area (Å²) in [5, 5.41) is 4.05. The zero-order valence-corrected chi connectivity index (χ0v) is 19.1. The molecule has 1 aliphatic rings. The van der Waals surface area contributed by atoms with Gasteiger partial charge in [0.2, 0.25) is 0 Å². The summed E-state index contributed by atoms with van der Waals surface area (Å²) in [7, 11) is 1.64. The van der Waals surface area contributed by atoms with E-state index in [1.54, 1.807) is 13.3 Å². The van der Waals surface area contributed by atoms with Gasteiger partial charge < -0.3 is 24.1 Å². The van der Waals surface area contributed by atoms with E-state index in [0.717, 1.165) is 40.2 Å². The van der Waals surface area contributed by atoms with Gasteiger partial charge in [0.05, 0.1) is 18.8 Å². The molecule has 0 amide bonds.